The monoisotopic (exact) mass is 282 g/mol. The number of nitrogens with two attached hydrogens (primary N) is 1. The average Bonchev–Trinajstić information content (AvgIpc) is 2.91. The number of aromatic nitrogens is 2. The lowest BCUT2D eigenvalue weighted by atomic mass is 10.1. The summed E-state index contributed by atoms with van der Waals surface area (Å²) in [5, 5.41) is 0. The lowest BCUT2D eigenvalue weighted by Crippen LogP contribution is -2.29. The van der Waals surface area contributed by atoms with Gasteiger partial charge in [0, 0.05) is 18.5 Å². The van der Waals surface area contributed by atoms with Crippen molar-refractivity contribution in [2.45, 2.75) is 6.42 Å². The van der Waals surface area contributed by atoms with Gasteiger partial charge >= 0.3 is 0 Å². The Morgan fingerprint density at radius 1 is 1.19 bits per heavy atom. The Balaban J connectivity index is 1.82. The zero-order valence-electron chi connectivity index (χ0n) is 11.3. The van der Waals surface area contributed by atoms with Crippen LogP contribution in [0, 0.1) is 5.92 Å². The van der Waals surface area contributed by atoms with Crippen molar-refractivity contribution < 1.29 is 9.59 Å². The number of amides is 2. The highest BCUT2D eigenvalue weighted by Gasteiger charge is 2.34. The van der Waals surface area contributed by atoms with Gasteiger partial charge in [-0.1, -0.05) is 30.3 Å². The van der Waals surface area contributed by atoms with Crippen molar-refractivity contribution in [2.75, 3.05) is 11.4 Å². The van der Waals surface area contributed by atoms with Gasteiger partial charge in [-0.05, 0) is 0 Å². The molecule has 1 unspecified atom stereocenters. The second-order valence-electron chi connectivity index (χ2n) is 4.93. The molecule has 106 valence electrons. The van der Waals surface area contributed by atoms with E-state index >= 15 is 0 Å². The molecular weight excluding hydrogens is 268 g/mol. The van der Waals surface area contributed by atoms with Crippen molar-refractivity contribution in [1.82, 2.24) is 9.97 Å². The van der Waals surface area contributed by atoms with Gasteiger partial charge in [0.25, 0.3) is 0 Å². The van der Waals surface area contributed by atoms with Crippen molar-refractivity contribution >= 4 is 17.6 Å². The number of benzene rings is 1. The van der Waals surface area contributed by atoms with E-state index in [1.807, 2.05) is 30.3 Å². The minimum absolute atomic E-state index is 0.136. The summed E-state index contributed by atoms with van der Waals surface area (Å²) in [6, 6.07) is 9.65. The first-order valence-electron chi connectivity index (χ1n) is 6.62. The van der Waals surface area contributed by atoms with Crippen LogP contribution in [0.1, 0.15) is 6.42 Å². The maximum atomic E-state index is 11.9. The van der Waals surface area contributed by atoms with Crippen LogP contribution in [0.25, 0.3) is 11.3 Å². The third-order valence-electron chi connectivity index (χ3n) is 3.51. The predicted molar refractivity (Wildman–Crippen MR) is 77.1 cm³/mol. The van der Waals surface area contributed by atoms with Gasteiger partial charge in [-0.25, -0.2) is 4.98 Å². The van der Waals surface area contributed by atoms with Crippen LogP contribution >= 0.6 is 0 Å². The van der Waals surface area contributed by atoms with Crippen LogP contribution in [0.5, 0.6) is 0 Å². The topological polar surface area (TPSA) is 89.2 Å². The number of carbonyl (C=O) groups is 2. The predicted octanol–water partition coefficient (Wildman–Crippen LogP) is 0.982. The van der Waals surface area contributed by atoms with E-state index in [9.17, 15) is 9.59 Å². The Morgan fingerprint density at radius 2 is 1.95 bits per heavy atom. The van der Waals surface area contributed by atoms with Gasteiger partial charge in [-0.3, -0.25) is 19.5 Å². The Bertz CT molecular complexity index is 670. The third-order valence-corrected chi connectivity index (χ3v) is 3.51. The highest BCUT2D eigenvalue weighted by molar-refractivity contribution is 5.99. The Kier molecular flexibility index (Phi) is 3.35. The summed E-state index contributed by atoms with van der Waals surface area (Å²) < 4.78 is 0. The minimum Gasteiger partial charge on any atom is -0.369 e. The van der Waals surface area contributed by atoms with Crippen LogP contribution in [0.4, 0.5) is 5.82 Å². The van der Waals surface area contributed by atoms with Crippen LogP contribution in [0.2, 0.25) is 0 Å². The van der Waals surface area contributed by atoms with E-state index in [0.717, 1.165) is 11.3 Å². The van der Waals surface area contributed by atoms with Gasteiger partial charge in [-0.2, -0.15) is 0 Å². The van der Waals surface area contributed by atoms with Crippen molar-refractivity contribution in [3.8, 4) is 11.3 Å². The van der Waals surface area contributed by atoms with E-state index in [1.54, 1.807) is 12.4 Å². The van der Waals surface area contributed by atoms with Gasteiger partial charge in [0.15, 0.2) is 5.82 Å². The molecule has 1 atom stereocenters. The molecule has 0 spiro atoms. The molecule has 1 aliphatic heterocycles. The summed E-state index contributed by atoms with van der Waals surface area (Å²) in [4.78, 5) is 33.1. The van der Waals surface area contributed by atoms with Crippen molar-refractivity contribution in [2.24, 2.45) is 11.7 Å². The zero-order chi connectivity index (χ0) is 14.8. The fourth-order valence-corrected chi connectivity index (χ4v) is 2.34. The summed E-state index contributed by atoms with van der Waals surface area (Å²) >= 11 is 0. The number of anilines is 1. The molecule has 0 radical (unpaired) electrons. The Labute approximate surface area is 121 Å². The van der Waals surface area contributed by atoms with E-state index in [1.165, 1.54) is 4.90 Å². The van der Waals surface area contributed by atoms with Crippen LogP contribution in [-0.4, -0.2) is 28.3 Å². The number of hydrogen-bond donors (Lipinski definition) is 1. The first kappa shape index (κ1) is 13.2. The van der Waals surface area contributed by atoms with Gasteiger partial charge in [-0.15, -0.1) is 0 Å². The molecule has 3 rings (SSSR count). The molecule has 0 saturated carbocycles. The van der Waals surface area contributed by atoms with Crippen LogP contribution in [0.3, 0.4) is 0 Å². The standard InChI is InChI=1S/C15H14N4O2/c16-15(21)11-6-14(20)19(9-11)13-8-17-12(7-18-13)10-4-2-1-3-5-10/h1-5,7-8,11H,6,9H2,(H2,16,21). The number of hydrogen-bond acceptors (Lipinski definition) is 4. The third kappa shape index (κ3) is 2.60. The molecule has 0 aliphatic carbocycles. The van der Waals surface area contributed by atoms with Gasteiger partial charge < -0.3 is 5.73 Å². The number of nitrogens with zero attached hydrogens (tertiary/aromatic N) is 3. The molecule has 1 fully saturated rings. The molecule has 6 heteroatoms. The lowest BCUT2D eigenvalue weighted by molar-refractivity contribution is -0.123. The maximum absolute atomic E-state index is 11.9. The fourth-order valence-electron chi connectivity index (χ4n) is 2.34. The first-order valence-corrected chi connectivity index (χ1v) is 6.62. The summed E-state index contributed by atoms with van der Waals surface area (Å²) in [6.07, 6.45) is 3.30. The molecule has 21 heavy (non-hydrogen) atoms. The van der Waals surface area contributed by atoms with Crippen LogP contribution in [0.15, 0.2) is 42.7 Å². The summed E-state index contributed by atoms with van der Waals surface area (Å²) in [5.41, 5.74) is 6.94. The molecule has 1 aliphatic rings. The van der Waals surface area contributed by atoms with E-state index in [-0.39, 0.29) is 18.9 Å². The normalized spacial score (nSPS) is 18.0. The molecular formula is C15H14N4O2. The Hall–Kier alpha value is -2.76. The van der Waals surface area contributed by atoms with E-state index in [4.69, 9.17) is 5.73 Å². The highest BCUT2D eigenvalue weighted by atomic mass is 16.2. The molecule has 2 aromatic rings. The van der Waals surface area contributed by atoms with E-state index in [2.05, 4.69) is 9.97 Å². The zero-order valence-corrected chi connectivity index (χ0v) is 11.3. The summed E-state index contributed by atoms with van der Waals surface area (Å²) in [7, 11) is 0. The molecule has 0 bridgehead atoms. The number of primary amides is 1. The molecule has 1 saturated heterocycles. The van der Waals surface area contributed by atoms with Crippen molar-refractivity contribution in [3.05, 3.63) is 42.7 Å². The van der Waals surface area contributed by atoms with E-state index in [0.29, 0.717) is 5.82 Å². The quantitative estimate of drug-likeness (QED) is 0.908. The fraction of sp³-hybridized carbons (Fsp3) is 0.200. The molecule has 1 aromatic carbocycles. The maximum Gasteiger partial charge on any atom is 0.229 e. The largest absolute Gasteiger partial charge is 0.369 e. The lowest BCUT2D eigenvalue weighted by Gasteiger charge is -2.14. The first-order chi connectivity index (χ1) is 10.1. The molecule has 6 nitrogen and oxygen atoms in total. The number of rotatable bonds is 3. The highest BCUT2D eigenvalue weighted by Crippen LogP contribution is 2.24. The van der Waals surface area contributed by atoms with Crippen LogP contribution < -0.4 is 10.6 Å². The number of carbonyl (C=O) groups excluding carboxylic acids is 2. The van der Waals surface area contributed by atoms with Gasteiger partial charge in [0.2, 0.25) is 11.8 Å². The molecule has 1 aromatic heterocycles. The summed E-state index contributed by atoms with van der Waals surface area (Å²) in [6.45, 7) is 0.271. The van der Waals surface area contributed by atoms with Gasteiger partial charge in [0.05, 0.1) is 24.0 Å². The second-order valence-corrected chi connectivity index (χ2v) is 4.93. The Morgan fingerprint density at radius 3 is 2.52 bits per heavy atom. The smallest absolute Gasteiger partial charge is 0.229 e. The SMILES string of the molecule is NC(=O)C1CC(=O)N(c2cnc(-c3ccccc3)cn2)C1. The van der Waals surface area contributed by atoms with E-state index < -0.39 is 11.8 Å². The minimum atomic E-state index is -0.459. The van der Waals surface area contributed by atoms with Crippen LogP contribution in [-0.2, 0) is 9.59 Å². The average molecular weight is 282 g/mol. The second kappa shape index (κ2) is 5.32. The van der Waals surface area contributed by atoms with Gasteiger partial charge in [0.1, 0.15) is 0 Å². The summed E-state index contributed by atoms with van der Waals surface area (Å²) in [5.74, 6) is -0.614. The molecule has 2 amide bonds. The molecule has 2 heterocycles. The van der Waals surface area contributed by atoms with Crippen molar-refractivity contribution in [1.29, 1.82) is 0 Å². The molecule has 2 N–H and O–H groups in total. The van der Waals surface area contributed by atoms with Crippen molar-refractivity contribution in [3.63, 3.8) is 0 Å².